The van der Waals surface area contributed by atoms with Crippen LogP contribution in [-0.4, -0.2) is 20.8 Å². The summed E-state index contributed by atoms with van der Waals surface area (Å²) in [6, 6.07) is 4.48. The maximum Gasteiger partial charge on any atom is 0.0560 e. The van der Waals surface area contributed by atoms with Gasteiger partial charge in [0.1, 0.15) is 0 Å². The number of nitrogens with zero attached hydrogens (tertiary/aromatic N) is 3. The Morgan fingerprint density at radius 1 is 1.41 bits per heavy atom. The molecule has 2 aromatic heterocycles. The van der Waals surface area contributed by atoms with Gasteiger partial charge in [-0.1, -0.05) is 6.07 Å². The Labute approximate surface area is 102 Å². The maximum atomic E-state index is 4.19. The van der Waals surface area contributed by atoms with Gasteiger partial charge in [-0.2, -0.15) is 5.10 Å². The monoisotopic (exact) mass is 230 g/mol. The molecule has 0 aliphatic rings. The molecule has 1 unspecified atom stereocenters. The fourth-order valence-electron chi connectivity index (χ4n) is 1.76. The van der Waals surface area contributed by atoms with E-state index < -0.39 is 0 Å². The summed E-state index contributed by atoms with van der Waals surface area (Å²) in [5, 5.41) is 7.65. The molecule has 2 aromatic rings. The second-order valence-electron chi connectivity index (χ2n) is 4.38. The highest BCUT2D eigenvalue weighted by Gasteiger charge is 2.03. The molecule has 0 aliphatic heterocycles. The topological polar surface area (TPSA) is 42.7 Å². The van der Waals surface area contributed by atoms with Crippen molar-refractivity contribution in [3.05, 3.63) is 48.0 Å². The molecule has 0 saturated heterocycles. The number of aromatic nitrogens is 3. The Morgan fingerprint density at radius 3 is 3.00 bits per heavy atom. The summed E-state index contributed by atoms with van der Waals surface area (Å²) in [5.74, 6) is 0. The Hall–Kier alpha value is -1.68. The lowest BCUT2D eigenvalue weighted by atomic mass is 10.2. The standard InChI is InChI=1S/C13H18N4/c1-11-6-13(8-14-7-11)9-15-12(2)10-17-5-3-4-16-17/h3-8,12,15H,9-10H2,1-2H3. The first-order valence-electron chi connectivity index (χ1n) is 5.85. The van der Waals surface area contributed by atoms with Crippen molar-refractivity contribution in [1.82, 2.24) is 20.1 Å². The number of rotatable bonds is 5. The van der Waals surface area contributed by atoms with Gasteiger partial charge in [0, 0.05) is 37.4 Å². The molecule has 0 fully saturated rings. The zero-order valence-electron chi connectivity index (χ0n) is 10.3. The first-order chi connectivity index (χ1) is 8.24. The summed E-state index contributed by atoms with van der Waals surface area (Å²) in [6.45, 7) is 5.94. The van der Waals surface area contributed by atoms with E-state index >= 15 is 0 Å². The summed E-state index contributed by atoms with van der Waals surface area (Å²) in [7, 11) is 0. The van der Waals surface area contributed by atoms with E-state index in [0.29, 0.717) is 6.04 Å². The molecule has 0 saturated carbocycles. The van der Waals surface area contributed by atoms with Crippen LogP contribution >= 0.6 is 0 Å². The molecule has 0 aromatic carbocycles. The quantitative estimate of drug-likeness (QED) is 0.851. The van der Waals surface area contributed by atoms with Crippen LogP contribution in [0.4, 0.5) is 0 Å². The van der Waals surface area contributed by atoms with E-state index in [1.165, 1.54) is 11.1 Å². The molecule has 0 spiro atoms. The average molecular weight is 230 g/mol. The van der Waals surface area contributed by atoms with Crippen LogP contribution in [-0.2, 0) is 13.1 Å². The van der Waals surface area contributed by atoms with E-state index in [2.05, 4.69) is 35.3 Å². The predicted molar refractivity (Wildman–Crippen MR) is 67.5 cm³/mol. The molecule has 17 heavy (non-hydrogen) atoms. The highest BCUT2D eigenvalue weighted by atomic mass is 15.3. The maximum absolute atomic E-state index is 4.19. The van der Waals surface area contributed by atoms with Crippen molar-refractivity contribution in [2.75, 3.05) is 0 Å². The van der Waals surface area contributed by atoms with Crippen LogP contribution < -0.4 is 5.32 Å². The second kappa shape index (κ2) is 5.59. The van der Waals surface area contributed by atoms with Crippen LogP contribution in [0.1, 0.15) is 18.1 Å². The van der Waals surface area contributed by atoms with Gasteiger partial charge in [0.05, 0.1) is 6.54 Å². The van der Waals surface area contributed by atoms with Crippen LogP contribution in [0.25, 0.3) is 0 Å². The van der Waals surface area contributed by atoms with Gasteiger partial charge >= 0.3 is 0 Å². The highest BCUT2D eigenvalue weighted by molar-refractivity contribution is 5.16. The van der Waals surface area contributed by atoms with Crippen molar-refractivity contribution in [3.63, 3.8) is 0 Å². The molecule has 1 atom stereocenters. The van der Waals surface area contributed by atoms with Crippen molar-refractivity contribution >= 4 is 0 Å². The van der Waals surface area contributed by atoms with Gasteiger partial charge < -0.3 is 5.32 Å². The Bertz CT molecular complexity index is 450. The molecule has 0 radical (unpaired) electrons. The molecule has 4 nitrogen and oxygen atoms in total. The third-order valence-corrected chi connectivity index (χ3v) is 2.61. The third kappa shape index (κ3) is 3.67. The Balaban J connectivity index is 1.82. The smallest absolute Gasteiger partial charge is 0.0560 e. The molecule has 1 N–H and O–H groups in total. The number of aryl methyl sites for hydroxylation is 1. The normalized spacial score (nSPS) is 12.6. The van der Waals surface area contributed by atoms with Crippen molar-refractivity contribution in [3.8, 4) is 0 Å². The van der Waals surface area contributed by atoms with E-state index in [-0.39, 0.29) is 0 Å². The third-order valence-electron chi connectivity index (χ3n) is 2.61. The number of hydrogen-bond acceptors (Lipinski definition) is 3. The van der Waals surface area contributed by atoms with Gasteiger partial charge in [-0.3, -0.25) is 9.67 Å². The summed E-state index contributed by atoms with van der Waals surface area (Å²) in [5.41, 5.74) is 2.42. The lowest BCUT2D eigenvalue weighted by Crippen LogP contribution is -2.30. The zero-order chi connectivity index (χ0) is 12.1. The summed E-state index contributed by atoms with van der Waals surface area (Å²) < 4.78 is 1.94. The van der Waals surface area contributed by atoms with Crippen molar-refractivity contribution in [2.24, 2.45) is 0 Å². The summed E-state index contributed by atoms with van der Waals surface area (Å²) >= 11 is 0. The molecule has 4 heteroatoms. The zero-order valence-corrected chi connectivity index (χ0v) is 10.3. The van der Waals surface area contributed by atoms with Crippen molar-refractivity contribution in [1.29, 1.82) is 0 Å². The average Bonchev–Trinajstić information content (AvgIpc) is 2.79. The van der Waals surface area contributed by atoms with Crippen LogP contribution in [0.2, 0.25) is 0 Å². The molecule has 90 valence electrons. The molecule has 0 amide bonds. The Kier molecular flexibility index (Phi) is 3.88. The van der Waals surface area contributed by atoms with Crippen LogP contribution in [0.15, 0.2) is 36.9 Å². The summed E-state index contributed by atoms with van der Waals surface area (Å²) in [6.07, 6.45) is 7.56. The molecular formula is C13H18N4. The first kappa shape index (κ1) is 11.8. The van der Waals surface area contributed by atoms with Gasteiger partial charge in [-0.05, 0) is 31.0 Å². The van der Waals surface area contributed by atoms with Crippen LogP contribution in [0.3, 0.4) is 0 Å². The molecule has 2 heterocycles. The van der Waals surface area contributed by atoms with Gasteiger partial charge in [0.15, 0.2) is 0 Å². The van der Waals surface area contributed by atoms with Gasteiger partial charge in [-0.25, -0.2) is 0 Å². The van der Waals surface area contributed by atoms with Crippen molar-refractivity contribution < 1.29 is 0 Å². The summed E-state index contributed by atoms with van der Waals surface area (Å²) in [4.78, 5) is 4.18. The van der Waals surface area contributed by atoms with Crippen LogP contribution in [0, 0.1) is 6.92 Å². The van der Waals surface area contributed by atoms with E-state index in [1.54, 1.807) is 6.20 Å². The lowest BCUT2D eigenvalue weighted by Gasteiger charge is -2.13. The minimum Gasteiger partial charge on any atom is -0.308 e. The second-order valence-corrected chi connectivity index (χ2v) is 4.38. The van der Waals surface area contributed by atoms with E-state index in [4.69, 9.17) is 0 Å². The number of nitrogens with one attached hydrogen (secondary N) is 1. The minimum absolute atomic E-state index is 0.385. The first-order valence-corrected chi connectivity index (χ1v) is 5.85. The highest BCUT2D eigenvalue weighted by Crippen LogP contribution is 2.01. The largest absolute Gasteiger partial charge is 0.308 e. The molecule has 0 aliphatic carbocycles. The fraction of sp³-hybridized carbons (Fsp3) is 0.385. The molecule has 2 rings (SSSR count). The van der Waals surface area contributed by atoms with Gasteiger partial charge in [-0.15, -0.1) is 0 Å². The molecular weight excluding hydrogens is 212 g/mol. The lowest BCUT2D eigenvalue weighted by molar-refractivity contribution is 0.450. The SMILES string of the molecule is Cc1cncc(CNC(C)Cn2cccn2)c1. The van der Waals surface area contributed by atoms with E-state index in [1.807, 2.05) is 29.3 Å². The number of pyridine rings is 1. The van der Waals surface area contributed by atoms with Gasteiger partial charge in [0.2, 0.25) is 0 Å². The minimum atomic E-state index is 0.385. The Morgan fingerprint density at radius 2 is 2.29 bits per heavy atom. The van der Waals surface area contributed by atoms with Crippen molar-refractivity contribution in [2.45, 2.75) is 33.0 Å². The van der Waals surface area contributed by atoms with Gasteiger partial charge in [0.25, 0.3) is 0 Å². The van der Waals surface area contributed by atoms with E-state index in [0.717, 1.165) is 13.1 Å². The van der Waals surface area contributed by atoms with Crippen LogP contribution in [0.5, 0.6) is 0 Å². The van der Waals surface area contributed by atoms with E-state index in [9.17, 15) is 0 Å². The fourth-order valence-corrected chi connectivity index (χ4v) is 1.76. The molecule has 0 bridgehead atoms. The number of hydrogen-bond donors (Lipinski definition) is 1. The predicted octanol–water partition coefficient (Wildman–Crippen LogP) is 1.76.